The summed E-state index contributed by atoms with van der Waals surface area (Å²) in [6.45, 7) is 0. The summed E-state index contributed by atoms with van der Waals surface area (Å²) in [5.41, 5.74) is 0.763. The van der Waals surface area contributed by atoms with Crippen molar-refractivity contribution < 1.29 is 27.7 Å². The summed E-state index contributed by atoms with van der Waals surface area (Å²) in [5, 5.41) is 7.52. The number of carbonyl (C=O) groups is 3. The second-order valence-corrected chi connectivity index (χ2v) is 11.9. The highest BCUT2D eigenvalue weighted by Crippen LogP contribution is 2.33. The lowest BCUT2D eigenvalue weighted by molar-refractivity contribution is -0.126. The number of hydrogen-bond acceptors (Lipinski definition) is 6. The van der Waals surface area contributed by atoms with Crippen molar-refractivity contribution >= 4 is 51.2 Å². The van der Waals surface area contributed by atoms with Gasteiger partial charge in [-0.2, -0.15) is 0 Å². The first-order valence-corrected chi connectivity index (χ1v) is 15.4. The molecule has 4 rings (SSSR count). The van der Waals surface area contributed by atoms with Crippen LogP contribution in [-0.4, -0.2) is 46.6 Å². The number of thiophene rings is 1. The minimum atomic E-state index is -1.88. The van der Waals surface area contributed by atoms with E-state index in [1.807, 2.05) is 11.4 Å². The Balaban J connectivity index is 1.57. The van der Waals surface area contributed by atoms with Crippen LogP contribution in [0.1, 0.15) is 43.0 Å². The van der Waals surface area contributed by atoms with Crippen LogP contribution in [0.15, 0.2) is 66.0 Å². The van der Waals surface area contributed by atoms with Gasteiger partial charge in [-0.05, 0) is 60.7 Å². The molecule has 0 saturated heterocycles. The maximum Gasteiger partial charge on any atom is 0.248 e. The summed E-state index contributed by atoms with van der Waals surface area (Å²) in [5.74, 6) is -2.33. The molecule has 0 radical (unpaired) electrons. The van der Waals surface area contributed by atoms with Crippen LogP contribution in [0.25, 0.3) is 0 Å². The molecule has 8 nitrogen and oxygen atoms in total. The lowest BCUT2D eigenvalue weighted by Crippen LogP contribution is -2.48. The molecule has 3 amide bonds. The minimum absolute atomic E-state index is 0.0234. The van der Waals surface area contributed by atoms with Gasteiger partial charge in [-0.25, -0.2) is 4.39 Å². The molecule has 1 saturated carbocycles. The number of anilines is 2. The van der Waals surface area contributed by atoms with Crippen molar-refractivity contribution in [2.45, 2.75) is 44.2 Å². The average molecular weight is 586 g/mol. The Bertz CT molecular complexity index is 1330. The predicted molar refractivity (Wildman–Crippen MR) is 155 cm³/mol. The van der Waals surface area contributed by atoms with Gasteiger partial charge in [0, 0.05) is 39.2 Å². The number of rotatable bonds is 11. The van der Waals surface area contributed by atoms with E-state index >= 15 is 0 Å². The fraction of sp³-hybridized carbons (Fsp3) is 0.345. The van der Waals surface area contributed by atoms with E-state index in [0.29, 0.717) is 22.0 Å². The molecule has 1 aliphatic rings. The number of hydrogen-bond donors (Lipinski definition) is 2. The topological polar surface area (TPSA) is 105 Å². The Hall–Kier alpha value is -3.57. The summed E-state index contributed by atoms with van der Waals surface area (Å²) in [7, 11) is -0.373. The number of nitrogens with one attached hydrogen (secondary N) is 2. The van der Waals surface area contributed by atoms with Crippen LogP contribution in [0, 0.1) is 5.82 Å². The standard InChI is InChI=1S/C29H32FN3O5S2/c1-38-24-10-5-9-23(17-24)33(27(35)19-40(37)18-26(34)31-22-14-12-20(30)13-15-22)28(25-11-6-16-39-25)29(36)32-21-7-3-2-4-8-21/h5-6,9-17,21,28H,2-4,7-8,18-19H2,1H3,(H,31,34)(H,32,36)/t28-,40+/m0/s1. The summed E-state index contributed by atoms with van der Waals surface area (Å²) in [6, 6.07) is 14.6. The van der Waals surface area contributed by atoms with Crippen molar-refractivity contribution in [1.82, 2.24) is 5.32 Å². The van der Waals surface area contributed by atoms with Gasteiger partial charge in [-0.3, -0.25) is 23.5 Å². The Labute approximate surface area is 239 Å². The molecule has 0 unspecified atom stereocenters. The van der Waals surface area contributed by atoms with Crippen LogP contribution in [0.3, 0.4) is 0 Å². The lowest BCUT2D eigenvalue weighted by atomic mass is 9.95. The van der Waals surface area contributed by atoms with Gasteiger partial charge in [0.1, 0.15) is 29.1 Å². The molecular formula is C29H32FN3O5S2. The van der Waals surface area contributed by atoms with Gasteiger partial charge in [-0.1, -0.05) is 31.4 Å². The zero-order valence-electron chi connectivity index (χ0n) is 22.1. The van der Waals surface area contributed by atoms with Gasteiger partial charge in [-0.15, -0.1) is 11.3 Å². The van der Waals surface area contributed by atoms with Crippen LogP contribution in [-0.2, 0) is 25.2 Å². The lowest BCUT2D eigenvalue weighted by Gasteiger charge is -2.32. The fourth-order valence-corrected chi connectivity index (χ4v) is 6.37. The first-order chi connectivity index (χ1) is 19.3. The number of ether oxygens (including phenoxy) is 1. The minimum Gasteiger partial charge on any atom is -0.497 e. The number of methoxy groups -OCH3 is 1. The predicted octanol–water partition coefficient (Wildman–Crippen LogP) is 4.81. The van der Waals surface area contributed by atoms with Crippen LogP contribution in [0.5, 0.6) is 5.75 Å². The van der Waals surface area contributed by atoms with Crippen molar-refractivity contribution in [3.05, 3.63) is 76.7 Å². The van der Waals surface area contributed by atoms with E-state index in [9.17, 15) is 23.0 Å². The van der Waals surface area contributed by atoms with Crippen LogP contribution >= 0.6 is 11.3 Å². The monoisotopic (exact) mass is 585 g/mol. The largest absolute Gasteiger partial charge is 0.497 e. The van der Waals surface area contributed by atoms with E-state index in [2.05, 4.69) is 10.6 Å². The van der Waals surface area contributed by atoms with Gasteiger partial charge in [0.2, 0.25) is 17.7 Å². The molecule has 2 N–H and O–H groups in total. The van der Waals surface area contributed by atoms with Crippen molar-refractivity contribution in [1.29, 1.82) is 0 Å². The average Bonchev–Trinajstić information content (AvgIpc) is 3.47. The van der Waals surface area contributed by atoms with Gasteiger partial charge in [0.25, 0.3) is 0 Å². The van der Waals surface area contributed by atoms with Crippen LogP contribution < -0.4 is 20.3 Å². The molecule has 3 aromatic rings. The third kappa shape index (κ3) is 7.98. The highest BCUT2D eigenvalue weighted by atomic mass is 32.2. The smallest absolute Gasteiger partial charge is 0.248 e. The SMILES string of the molecule is COc1cccc(N(C(=O)C[S@](=O)CC(=O)Nc2ccc(F)cc2)[C@H](C(=O)NC2CCCCC2)c2cccs2)c1. The molecule has 1 aromatic heterocycles. The molecule has 40 heavy (non-hydrogen) atoms. The maximum absolute atomic E-state index is 13.8. The molecule has 11 heteroatoms. The van der Waals surface area contributed by atoms with Crippen molar-refractivity contribution in [2.75, 3.05) is 28.8 Å². The van der Waals surface area contributed by atoms with Gasteiger partial charge in [0.15, 0.2) is 0 Å². The summed E-state index contributed by atoms with van der Waals surface area (Å²) in [6.07, 6.45) is 4.96. The highest BCUT2D eigenvalue weighted by Gasteiger charge is 2.35. The van der Waals surface area contributed by atoms with E-state index < -0.39 is 46.0 Å². The van der Waals surface area contributed by atoms with Crippen LogP contribution in [0.2, 0.25) is 0 Å². The third-order valence-corrected chi connectivity index (χ3v) is 8.65. The first kappa shape index (κ1) is 29.4. The Kier molecular flexibility index (Phi) is 10.4. The van der Waals surface area contributed by atoms with E-state index in [-0.39, 0.29) is 11.9 Å². The molecule has 2 aromatic carbocycles. The van der Waals surface area contributed by atoms with Crippen molar-refractivity contribution in [3.63, 3.8) is 0 Å². The van der Waals surface area contributed by atoms with Gasteiger partial charge < -0.3 is 15.4 Å². The molecule has 0 spiro atoms. The molecule has 2 atom stereocenters. The number of benzene rings is 2. The molecule has 1 fully saturated rings. The molecule has 212 valence electrons. The van der Waals surface area contributed by atoms with E-state index in [0.717, 1.165) is 32.1 Å². The molecular weight excluding hydrogens is 553 g/mol. The normalized spacial score (nSPS) is 15.1. The second kappa shape index (κ2) is 14.2. The number of nitrogens with zero attached hydrogens (tertiary/aromatic N) is 1. The summed E-state index contributed by atoms with van der Waals surface area (Å²) >= 11 is 1.35. The molecule has 0 bridgehead atoms. The summed E-state index contributed by atoms with van der Waals surface area (Å²) < 4.78 is 31.5. The van der Waals surface area contributed by atoms with Gasteiger partial charge in [0.05, 0.1) is 7.11 Å². The maximum atomic E-state index is 13.8. The zero-order valence-corrected chi connectivity index (χ0v) is 23.8. The molecule has 1 heterocycles. The molecule has 0 aliphatic heterocycles. The van der Waals surface area contributed by atoms with Gasteiger partial charge >= 0.3 is 0 Å². The quantitative estimate of drug-likeness (QED) is 0.336. The molecule has 1 aliphatic carbocycles. The highest BCUT2D eigenvalue weighted by molar-refractivity contribution is 7.86. The summed E-state index contributed by atoms with van der Waals surface area (Å²) in [4.78, 5) is 42.1. The number of carbonyl (C=O) groups excluding carboxylic acids is 3. The Morgan fingerprint density at radius 3 is 2.48 bits per heavy atom. The zero-order chi connectivity index (χ0) is 28.5. The Morgan fingerprint density at radius 2 is 1.80 bits per heavy atom. The Morgan fingerprint density at radius 1 is 1.05 bits per heavy atom. The van der Waals surface area contributed by atoms with Crippen molar-refractivity contribution in [2.24, 2.45) is 0 Å². The van der Waals surface area contributed by atoms with E-state index in [1.165, 1.54) is 47.6 Å². The van der Waals surface area contributed by atoms with E-state index in [1.54, 1.807) is 30.3 Å². The number of amides is 3. The fourth-order valence-electron chi connectivity index (χ4n) is 4.68. The van der Waals surface area contributed by atoms with Crippen LogP contribution in [0.4, 0.5) is 15.8 Å². The number of halogens is 1. The van der Waals surface area contributed by atoms with E-state index in [4.69, 9.17) is 4.74 Å². The third-order valence-electron chi connectivity index (χ3n) is 6.58. The first-order valence-electron chi connectivity index (χ1n) is 13.0. The van der Waals surface area contributed by atoms with Crippen molar-refractivity contribution in [3.8, 4) is 5.75 Å². The second-order valence-electron chi connectivity index (χ2n) is 9.51.